The summed E-state index contributed by atoms with van der Waals surface area (Å²) in [5.74, 6) is 0.107. The van der Waals surface area contributed by atoms with Gasteiger partial charge >= 0.3 is 0 Å². The third kappa shape index (κ3) is 6.33. The van der Waals surface area contributed by atoms with Gasteiger partial charge in [0.2, 0.25) is 15.9 Å². The summed E-state index contributed by atoms with van der Waals surface area (Å²) in [6, 6.07) is 8.39. The number of sulfonamides is 1. The number of carbonyl (C=O) groups excluding carboxylic acids is 1. The Labute approximate surface area is 186 Å². The zero-order chi connectivity index (χ0) is 21.6. The fraction of sp³-hybridized carbons (Fsp3) is 0.368. The van der Waals surface area contributed by atoms with Crippen LogP contribution in [0.2, 0.25) is 10.0 Å². The number of benzene rings is 1. The second kappa shape index (κ2) is 10.6. The number of nitrogens with zero attached hydrogens (tertiary/aromatic N) is 3. The number of hydrogen-bond acceptors (Lipinski definition) is 5. The average Bonchev–Trinajstić information content (AvgIpc) is 2.70. The van der Waals surface area contributed by atoms with E-state index in [9.17, 15) is 13.2 Å². The molecule has 2 aromatic rings. The minimum absolute atomic E-state index is 0.0808. The number of hydrogen-bond donors (Lipinski definition) is 0. The molecule has 0 atom stereocenters. The summed E-state index contributed by atoms with van der Waals surface area (Å²) in [5.41, 5.74) is 0.879. The third-order valence-corrected chi connectivity index (χ3v) is 7.93. The average molecular weight is 476 g/mol. The Hall–Kier alpha value is -1.32. The molecule has 1 heterocycles. The number of pyridine rings is 1. The van der Waals surface area contributed by atoms with Gasteiger partial charge in [0.25, 0.3) is 0 Å². The largest absolute Gasteiger partial charge is 0.341 e. The number of carbonyl (C=O) groups is 1. The van der Waals surface area contributed by atoms with E-state index in [4.69, 9.17) is 23.2 Å². The van der Waals surface area contributed by atoms with E-state index in [1.165, 1.54) is 28.3 Å². The van der Waals surface area contributed by atoms with Crippen LogP contribution in [0.4, 0.5) is 0 Å². The molecule has 0 spiro atoms. The maximum atomic E-state index is 12.5. The lowest BCUT2D eigenvalue weighted by molar-refractivity contribution is -0.127. The van der Waals surface area contributed by atoms with Gasteiger partial charge in [0, 0.05) is 32.9 Å². The summed E-state index contributed by atoms with van der Waals surface area (Å²) in [6.45, 7) is 4.78. The van der Waals surface area contributed by atoms with Crippen molar-refractivity contribution in [3.63, 3.8) is 0 Å². The van der Waals surface area contributed by atoms with Crippen LogP contribution in [0.1, 0.15) is 19.4 Å². The summed E-state index contributed by atoms with van der Waals surface area (Å²) in [5, 5.41) is 1.50. The highest BCUT2D eigenvalue weighted by Gasteiger charge is 2.22. The lowest BCUT2D eigenvalue weighted by Crippen LogP contribution is -2.30. The summed E-state index contributed by atoms with van der Waals surface area (Å²) >= 11 is 13.2. The van der Waals surface area contributed by atoms with Gasteiger partial charge in [-0.15, -0.1) is 0 Å². The SMILES string of the molecule is CCN(CC)S(=O)(=O)c1ccc(SCC(=O)N(C)Cc2ccc(Cl)c(Cl)c2)nc1. The van der Waals surface area contributed by atoms with Gasteiger partial charge in [-0.05, 0) is 29.8 Å². The first kappa shape index (κ1) is 24.0. The molecule has 0 saturated carbocycles. The van der Waals surface area contributed by atoms with Gasteiger partial charge in [-0.2, -0.15) is 4.31 Å². The number of aromatic nitrogens is 1. The van der Waals surface area contributed by atoms with Crippen LogP contribution in [0.25, 0.3) is 0 Å². The number of thioether (sulfide) groups is 1. The third-order valence-electron chi connectivity index (χ3n) is 4.23. The summed E-state index contributed by atoms with van der Waals surface area (Å²) in [4.78, 5) is 18.3. The van der Waals surface area contributed by atoms with Crippen LogP contribution < -0.4 is 0 Å². The molecule has 0 fully saturated rings. The van der Waals surface area contributed by atoms with Crippen LogP contribution in [0.3, 0.4) is 0 Å². The van der Waals surface area contributed by atoms with Crippen LogP contribution in [-0.4, -0.2) is 54.4 Å². The van der Waals surface area contributed by atoms with Crippen LogP contribution in [-0.2, 0) is 21.4 Å². The molecule has 0 unspecified atom stereocenters. The van der Waals surface area contributed by atoms with Crippen molar-refractivity contribution in [3.05, 3.63) is 52.1 Å². The second-order valence-electron chi connectivity index (χ2n) is 6.21. The molecule has 1 amide bonds. The van der Waals surface area contributed by atoms with E-state index in [-0.39, 0.29) is 16.6 Å². The van der Waals surface area contributed by atoms with Crippen LogP contribution in [0.15, 0.2) is 46.5 Å². The first-order chi connectivity index (χ1) is 13.7. The standard InChI is InChI=1S/C19H23Cl2N3O3S2/c1-4-24(5-2)29(26,27)15-7-9-18(22-11-15)28-13-19(25)23(3)12-14-6-8-16(20)17(21)10-14/h6-11H,4-5,12-13H2,1-3H3. The lowest BCUT2D eigenvalue weighted by atomic mass is 10.2. The topological polar surface area (TPSA) is 70.6 Å². The van der Waals surface area contributed by atoms with Crippen molar-refractivity contribution in [2.24, 2.45) is 0 Å². The van der Waals surface area contributed by atoms with Crippen molar-refractivity contribution in [1.29, 1.82) is 0 Å². The predicted molar refractivity (Wildman–Crippen MR) is 118 cm³/mol. The second-order valence-corrected chi connectivity index (χ2v) is 9.96. The monoisotopic (exact) mass is 475 g/mol. The van der Waals surface area contributed by atoms with Crippen molar-refractivity contribution in [2.75, 3.05) is 25.9 Å². The Balaban J connectivity index is 1.95. The Morgan fingerprint density at radius 3 is 2.34 bits per heavy atom. The quantitative estimate of drug-likeness (QED) is 0.508. The molecule has 29 heavy (non-hydrogen) atoms. The normalized spacial score (nSPS) is 11.7. The zero-order valence-electron chi connectivity index (χ0n) is 16.4. The van der Waals surface area contributed by atoms with E-state index in [1.54, 1.807) is 44.0 Å². The minimum Gasteiger partial charge on any atom is -0.341 e. The Kier molecular flexibility index (Phi) is 8.78. The van der Waals surface area contributed by atoms with E-state index in [0.29, 0.717) is 34.7 Å². The maximum Gasteiger partial charge on any atom is 0.244 e. The molecule has 0 saturated heterocycles. The summed E-state index contributed by atoms with van der Waals surface area (Å²) < 4.78 is 26.3. The fourth-order valence-corrected chi connectivity index (χ4v) is 5.07. The molecule has 0 N–H and O–H groups in total. The number of rotatable bonds is 9. The van der Waals surface area contributed by atoms with E-state index in [2.05, 4.69) is 4.98 Å². The molecule has 1 aromatic carbocycles. The van der Waals surface area contributed by atoms with Gasteiger partial charge in [0.15, 0.2) is 0 Å². The smallest absolute Gasteiger partial charge is 0.244 e. The van der Waals surface area contributed by atoms with Gasteiger partial charge in [-0.1, -0.05) is 54.9 Å². The molecule has 1 aromatic heterocycles. The summed E-state index contributed by atoms with van der Waals surface area (Å²) in [7, 11) is -1.83. The molecular formula is C19H23Cl2N3O3S2. The molecule has 6 nitrogen and oxygen atoms in total. The van der Waals surface area contributed by atoms with Gasteiger partial charge in [-0.25, -0.2) is 13.4 Å². The van der Waals surface area contributed by atoms with Gasteiger partial charge < -0.3 is 4.90 Å². The van der Waals surface area contributed by atoms with Gasteiger partial charge in [-0.3, -0.25) is 4.79 Å². The van der Waals surface area contributed by atoms with Crippen LogP contribution >= 0.6 is 35.0 Å². The number of amides is 1. The highest BCUT2D eigenvalue weighted by atomic mass is 35.5. The zero-order valence-corrected chi connectivity index (χ0v) is 19.6. The Morgan fingerprint density at radius 1 is 1.10 bits per heavy atom. The predicted octanol–water partition coefficient (Wildman–Crippen LogP) is 4.17. The van der Waals surface area contributed by atoms with E-state index in [1.807, 2.05) is 6.07 Å². The van der Waals surface area contributed by atoms with Crippen molar-refractivity contribution >= 4 is 50.9 Å². The first-order valence-corrected chi connectivity index (χ1v) is 12.1. The molecule has 2 rings (SSSR count). The fourth-order valence-electron chi connectivity index (χ4n) is 2.56. The molecule has 10 heteroatoms. The summed E-state index contributed by atoms with van der Waals surface area (Å²) in [6.07, 6.45) is 1.33. The molecule has 0 bridgehead atoms. The molecule has 158 valence electrons. The first-order valence-electron chi connectivity index (χ1n) is 8.95. The van der Waals surface area contributed by atoms with Crippen molar-refractivity contribution in [2.45, 2.75) is 30.3 Å². The Bertz CT molecular complexity index is 950. The van der Waals surface area contributed by atoms with Gasteiger partial charge in [0.05, 0.1) is 20.8 Å². The van der Waals surface area contributed by atoms with Crippen molar-refractivity contribution < 1.29 is 13.2 Å². The highest BCUT2D eigenvalue weighted by Crippen LogP contribution is 2.24. The maximum absolute atomic E-state index is 12.5. The van der Waals surface area contributed by atoms with E-state index >= 15 is 0 Å². The molecule has 0 aliphatic carbocycles. The van der Waals surface area contributed by atoms with Crippen LogP contribution in [0.5, 0.6) is 0 Å². The molecule has 0 aliphatic heterocycles. The van der Waals surface area contributed by atoms with Crippen molar-refractivity contribution in [3.8, 4) is 0 Å². The minimum atomic E-state index is -3.54. The molecule has 0 aliphatic rings. The molecule has 0 radical (unpaired) electrons. The van der Waals surface area contributed by atoms with Crippen LogP contribution in [0, 0.1) is 0 Å². The lowest BCUT2D eigenvalue weighted by Gasteiger charge is -2.18. The highest BCUT2D eigenvalue weighted by molar-refractivity contribution is 7.99. The van der Waals surface area contributed by atoms with E-state index < -0.39 is 10.0 Å². The molecular weight excluding hydrogens is 453 g/mol. The van der Waals surface area contributed by atoms with E-state index in [0.717, 1.165) is 5.56 Å². The Morgan fingerprint density at radius 2 is 1.79 bits per heavy atom. The van der Waals surface area contributed by atoms with Gasteiger partial charge in [0.1, 0.15) is 4.90 Å². The van der Waals surface area contributed by atoms with Crippen molar-refractivity contribution in [1.82, 2.24) is 14.2 Å². The number of halogens is 2.